The van der Waals surface area contributed by atoms with E-state index >= 15 is 0 Å². The molecule has 0 aliphatic carbocycles. The van der Waals surface area contributed by atoms with Crippen molar-refractivity contribution < 1.29 is 9.13 Å². The summed E-state index contributed by atoms with van der Waals surface area (Å²) >= 11 is 6.02. The highest BCUT2D eigenvalue weighted by Crippen LogP contribution is 2.24. The van der Waals surface area contributed by atoms with E-state index in [0.717, 1.165) is 11.3 Å². The third-order valence-electron chi connectivity index (χ3n) is 3.22. The molecule has 0 amide bonds. The number of nitrogens with one attached hydrogen (secondary N) is 1. The van der Waals surface area contributed by atoms with E-state index in [1.165, 1.54) is 6.07 Å². The van der Waals surface area contributed by atoms with Crippen LogP contribution in [0.15, 0.2) is 42.5 Å². The van der Waals surface area contributed by atoms with Gasteiger partial charge >= 0.3 is 0 Å². The maximum Gasteiger partial charge on any atom is 0.131 e. The molecule has 2 aromatic carbocycles. The van der Waals surface area contributed by atoms with Gasteiger partial charge in [-0.1, -0.05) is 35.9 Å². The third kappa shape index (κ3) is 4.72. The van der Waals surface area contributed by atoms with E-state index in [1.54, 1.807) is 12.1 Å². The van der Waals surface area contributed by atoms with Crippen LogP contribution in [-0.4, -0.2) is 5.54 Å². The van der Waals surface area contributed by atoms with E-state index in [9.17, 15) is 4.39 Å². The first-order valence-electron chi connectivity index (χ1n) is 7.25. The molecule has 1 N–H and O–H groups in total. The van der Waals surface area contributed by atoms with Gasteiger partial charge in [0.05, 0.1) is 5.02 Å². The molecule has 2 nitrogen and oxygen atoms in total. The van der Waals surface area contributed by atoms with Crippen molar-refractivity contribution in [1.82, 2.24) is 5.32 Å². The standard InChI is InChI=1S/C18H21ClFNO/c1-18(2,3)21-11-13-7-4-5-10-17(13)22-12-14-15(19)8-6-9-16(14)20/h4-10,21H,11-12H2,1-3H3. The Balaban J connectivity index is 2.10. The van der Waals surface area contributed by atoms with Crippen LogP contribution in [0.25, 0.3) is 0 Å². The number of benzene rings is 2. The molecule has 4 heteroatoms. The zero-order valence-corrected chi connectivity index (χ0v) is 13.9. The van der Waals surface area contributed by atoms with Gasteiger partial charge in [-0.2, -0.15) is 0 Å². The van der Waals surface area contributed by atoms with E-state index in [0.29, 0.717) is 17.1 Å². The minimum Gasteiger partial charge on any atom is -0.488 e. The molecule has 22 heavy (non-hydrogen) atoms. The molecule has 0 saturated carbocycles. The van der Waals surface area contributed by atoms with Crippen LogP contribution in [-0.2, 0) is 13.2 Å². The van der Waals surface area contributed by atoms with Crippen LogP contribution in [0, 0.1) is 5.82 Å². The van der Waals surface area contributed by atoms with Crippen LogP contribution >= 0.6 is 11.6 Å². The second-order valence-corrected chi connectivity index (χ2v) is 6.61. The molecular weight excluding hydrogens is 301 g/mol. The second kappa shape index (κ2) is 7.12. The number of hydrogen-bond acceptors (Lipinski definition) is 2. The fourth-order valence-electron chi connectivity index (χ4n) is 1.97. The van der Waals surface area contributed by atoms with Crippen LogP contribution in [0.2, 0.25) is 5.02 Å². The van der Waals surface area contributed by atoms with Gasteiger partial charge < -0.3 is 10.1 Å². The monoisotopic (exact) mass is 321 g/mol. The molecule has 118 valence electrons. The van der Waals surface area contributed by atoms with Crippen LogP contribution in [0.3, 0.4) is 0 Å². The predicted molar refractivity (Wildman–Crippen MR) is 88.8 cm³/mol. The zero-order valence-electron chi connectivity index (χ0n) is 13.1. The van der Waals surface area contributed by atoms with Crippen LogP contribution in [0.4, 0.5) is 4.39 Å². The highest BCUT2D eigenvalue weighted by molar-refractivity contribution is 6.31. The number of rotatable bonds is 5. The highest BCUT2D eigenvalue weighted by Gasteiger charge is 2.12. The molecule has 2 aromatic rings. The predicted octanol–water partition coefficient (Wildman–Crippen LogP) is 4.95. The first-order valence-corrected chi connectivity index (χ1v) is 7.63. The maximum absolute atomic E-state index is 13.8. The lowest BCUT2D eigenvalue weighted by Gasteiger charge is -2.21. The van der Waals surface area contributed by atoms with Crippen molar-refractivity contribution in [1.29, 1.82) is 0 Å². The third-order valence-corrected chi connectivity index (χ3v) is 3.57. The Bertz CT molecular complexity index is 617. The van der Waals surface area contributed by atoms with E-state index < -0.39 is 0 Å². The fourth-order valence-corrected chi connectivity index (χ4v) is 2.19. The smallest absolute Gasteiger partial charge is 0.131 e. The summed E-state index contributed by atoms with van der Waals surface area (Å²) in [4.78, 5) is 0. The molecule has 0 spiro atoms. The minimum absolute atomic E-state index is 0.0158. The van der Waals surface area contributed by atoms with Crippen molar-refractivity contribution in [3.8, 4) is 5.75 Å². The summed E-state index contributed by atoms with van der Waals surface area (Å²) in [7, 11) is 0. The van der Waals surface area contributed by atoms with E-state index in [2.05, 4.69) is 26.1 Å². The molecule has 0 saturated heterocycles. The molecular formula is C18H21ClFNO. The Hall–Kier alpha value is -1.58. The first kappa shape index (κ1) is 16.8. The normalized spacial score (nSPS) is 11.5. The summed E-state index contributed by atoms with van der Waals surface area (Å²) in [6.45, 7) is 7.11. The minimum atomic E-state index is -0.349. The average molecular weight is 322 g/mol. The summed E-state index contributed by atoms with van der Waals surface area (Å²) in [5, 5.41) is 3.80. The molecule has 2 rings (SSSR count). The van der Waals surface area contributed by atoms with Gasteiger partial charge in [0, 0.05) is 23.2 Å². The SMILES string of the molecule is CC(C)(C)NCc1ccccc1OCc1c(F)cccc1Cl. The molecule has 0 aromatic heterocycles. The van der Waals surface area contributed by atoms with Crippen molar-refractivity contribution >= 4 is 11.6 Å². The Labute approximate surface area is 136 Å². The van der Waals surface area contributed by atoms with Gasteiger partial charge in [0.2, 0.25) is 0 Å². The van der Waals surface area contributed by atoms with Gasteiger partial charge in [-0.3, -0.25) is 0 Å². The summed E-state index contributed by atoms with van der Waals surface area (Å²) in [5.74, 6) is 0.386. The van der Waals surface area contributed by atoms with Crippen molar-refractivity contribution in [2.45, 2.75) is 39.5 Å². The fraction of sp³-hybridized carbons (Fsp3) is 0.333. The van der Waals surface area contributed by atoms with Crippen LogP contribution in [0.1, 0.15) is 31.9 Å². The Morgan fingerprint density at radius 1 is 1.09 bits per heavy atom. The lowest BCUT2D eigenvalue weighted by Crippen LogP contribution is -2.35. The number of halogens is 2. The van der Waals surface area contributed by atoms with Gasteiger partial charge in [0.15, 0.2) is 0 Å². The van der Waals surface area contributed by atoms with Gasteiger partial charge in [-0.25, -0.2) is 4.39 Å². The Morgan fingerprint density at radius 3 is 2.50 bits per heavy atom. The maximum atomic E-state index is 13.8. The summed E-state index contributed by atoms with van der Waals surface area (Å²) in [5.41, 5.74) is 1.43. The largest absolute Gasteiger partial charge is 0.488 e. The number of ether oxygens (including phenoxy) is 1. The summed E-state index contributed by atoms with van der Waals surface area (Å²) in [6.07, 6.45) is 0. The first-order chi connectivity index (χ1) is 10.4. The molecule has 0 heterocycles. The van der Waals surface area contributed by atoms with E-state index in [-0.39, 0.29) is 18.0 Å². The Morgan fingerprint density at radius 2 is 1.82 bits per heavy atom. The van der Waals surface area contributed by atoms with E-state index in [1.807, 2.05) is 24.3 Å². The van der Waals surface area contributed by atoms with Gasteiger partial charge in [-0.15, -0.1) is 0 Å². The van der Waals surface area contributed by atoms with Gasteiger partial charge in [0.1, 0.15) is 18.2 Å². The molecule has 0 fully saturated rings. The van der Waals surface area contributed by atoms with Crippen LogP contribution < -0.4 is 10.1 Å². The Kier molecular flexibility index (Phi) is 5.43. The molecule has 0 atom stereocenters. The molecule has 0 radical (unpaired) electrons. The summed E-state index contributed by atoms with van der Waals surface area (Å²) < 4.78 is 19.6. The molecule has 0 bridgehead atoms. The van der Waals surface area contributed by atoms with E-state index in [4.69, 9.17) is 16.3 Å². The number of hydrogen-bond donors (Lipinski definition) is 1. The van der Waals surface area contributed by atoms with Crippen molar-refractivity contribution in [2.24, 2.45) is 0 Å². The molecule has 0 aliphatic heterocycles. The van der Waals surface area contributed by atoms with Gasteiger partial charge in [-0.05, 0) is 39.0 Å². The topological polar surface area (TPSA) is 21.3 Å². The van der Waals surface area contributed by atoms with Crippen molar-refractivity contribution in [2.75, 3.05) is 0 Å². The van der Waals surface area contributed by atoms with Crippen molar-refractivity contribution in [3.63, 3.8) is 0 Å². The van der Waals surface area contributed by atoms with Crippen molar-refractivity contribution in [3.05, 3.63) is 64.4 Å². The van der Waals surface area contributed by atoms with Gasteiger partial charge in [0.25, 0.3) is 0 Å². The van der Waals surface area contributed by atoms with Crippen LogP contribution in [0.5, 0.6) is 5.75 Å². The second-order valence-electron chi connectivity index (χ2n) is 6.20. The highest BCUT2D eigenvalue weighted by atomic mass is 35.5. The lowest BCUT2D eigenvalue weighted by atomic mass is 10.1. The molecule has 0 unspecified atom stereocenters. The quantitative estimate of drug-likeness (QED) is 0.841. The number of para-hydroxylation sites is 1. The average Bonchev–Trinajstić information content (AvgIpc) is 2.45. The zero-order chi connectivity index (χ0) is 16.2. The summed E-state index contributed by atoms with van der Waals surface area (Å²) in [6, 6.07) is 12.4. The lowest BCUT2D eigenvalue weighted by molar-refractivity contribution is 0.294. The molecule has 0 aliphatic rings.